The summed E-state index contributed by atoms with van der Waals surface area (Å²) < 4.78 is 45.9. The largest absolute Gasteiger partial charge is 0.496 e. The maximum absolute atomic E-state index is 13.4. The highest BCUT2D eigenvalue weighted by Gasteiger charge is 2.21. The van der Waals surface area contributed by atoms with Gasteiger partial charge in [0.2, 0.25) is 10.0 Å². The van der Waals surface area contributed by atoms with Crippen molar-refractivity contribution < 1.29 is 22.3 Å². The number of halogens is 1. The van der Waals surface area contributed by atoms with Gasteiger partial charge in [-0.1, -0.05) is 0 Å². The Bertz CT molecular complexity index is 1030. The van der Waals surface area contributed by atoms with Gasteiger partial charge in [0.1, 0.15) is 11.6 Å². The molecule has 0 fully saturated rings. The Morgan fingerprint density at radius 3 is 2.61 bits per heavy atom. The van der Waals surface area contributed by atoms with Crippen LogP contribution in [0.1, 0.15) is 29.3 Å². The van der Waals surface area contributed by atoms with Crippen LogP contribution < -0.4 is 14.8 Å². The van der Waals surface area contributed by atoms with E-state index in [0.717, 1.165) is 0 Å². The minimum Gasteiger partial charge on any atom is -0.496 e. The van der Waals surface area contributed by atoms with Gasteiger partial charge in [0, 0.05) is 11.7 Å². The second-order valence-corrected chi connectivity index (χ2v) is 7.88. The third-order valence-electron chi connectivity index (χ3n) is 3.90. The number of ether oxygens (including phenoxy) is 1. The standard InChI is InChI=1S/C19H20FN3O4S/c1-12-10-14(4-6-17(12)20)22-19(24)16-11-15(5-7-18(16)27-3)28(25,26)23-13(2)8-9-21/h4-7,10-11,13,23H,8H2,1-3H3,(H,22,24)/t13-/m0/s1. The molecule has 0 aliphatic heterocycles. The summed E-state index contributed by atoms with van der Waals surface area (Å²) in [5, 5.41) is 11.3. The highest BCUT2D eigenvalue weighted by molar-refractivity contribution is 7.89. The van der Waals surface area contributed by atoms with E-state index in [2.05, 4.69) is 10.0 Å². The number of hydrogen-bond acceptors (Lipinski definition) is 5. The van der Waals surface area contributed by atoms with Crippen molar-refractivity contribution in [3.63, 3.8) is 0 Å². The Morgan fingerprint density at radius 2 is 2.00 bits per heavy atom. The summed E-state index contributed by atoms with van der Waals surface area (Å²) in [5.74, 6) is -0.827. The maximum Gasteiger partial charge on any atom is 0.259 e. The molecule has 28 heavy (non-hydrogen) atoms. The number of nitrogens with zero attached hydrogens (tertiary/aromatic N) is 1. The molecule has 0 aromatic heterocycles. The zero-order chi connectivity index (χ0) is 20.9. The molecule has 1 atom stereocenters. The van der Waals surface area contributed by atoms with Crippen molar-refractivity contribution in [1.82, 2.24) is 4.72 Å². The lowest BCUT2D eigenvalue weighted by atomic mass is 10.1. The van der Waals surface area contributed by atoms with E-state index in [-0.39, 0.29) is 22.6 Å². The monoisotopic (exact) mass is 405 g/mol. The van der Waals surface area contributed by atoms with Crippen molar-refractivity contribution in [1.29, 1.82) is 5.26 Å². The average molecular weight is 405 g/mol. The molecule has 0 aliphatic rings. The number of rotatable bonds is 7. The number of benzene rings is 2. The molecule has 0 unspecified atom stereocenters. The molecule has 2 N–H and O–H groups in total. The van der Waals surface area contributed by atoms with Gasteiger partial charge < -0.3 is 10.1 Å². The first kappa shape index (κ1) is 21.3. The zero-order valence-corrected chi connectivity index (χ0v) is 16.4. The number of hydrogen-bond donors (Lipinski definition) is 2. The number of methoxy groups -OCH3 is 1. The van der Waals surface area contributed by atoms with Crippen molar-refractivity contribution in [2.75, 3.05) is 12.4 Å². The second-order valence-electron chi connectivity index (χ2n) is 6.16. The van der Waals surface area contributed by atoms with E-state index >= 15 is 0 Å². The zero-order valence-electron chi connectivity index (χ0n) is 15.6. The first-order valence-corrected chi connectivity index (χ1v) is 9.81. The third kappa shape index (κ3) is 5.06. The topological polar surface area (TPSA) is 108 Å². The summed E-state index contributed by atoms with van der Waals surface area (Å²) >= 11 is 0. The number of nitriles is 1. The van der Waals surface area contributed by atoms with Gasteiger partial charge in [-0.2, -0.15) is 5.26 Å². The predicted octanol–water partition coefficient (Wildman–Crippen LogP) is 2.98. The van der Waals surface area contributed by atoms with Crippen molar-refractivity contribution in [2.45, 2.75) is 31.2 Å². The first-order chi connectivity index (χ1) is 13.2. The lowest BCUT2D eigenvalue weighted by Crippen LogP contribution is -2.32. The van der Waals surface area contributed by atoms with Crippen molar-refractivity contribution in [2.24, 2.45) is 0 Å². The predicted molar refractivity (Wildman–Crippen MR) is 102 cm³/mol. The third-order valence-corrected chi connectivity index (χ3v) is 5.48. The highest BCUT2D eigenvalue weighted by Crippen LogP contribution is 2.24. The SMILES string of the molecule is COc1ccc(S(=O)(=O)N[C@@H](C)CC#N)cc1C(=O)Nc1ccc(F)c(C)c1. The minimum atomic E-state index is -3.93. The lowest BCUT2D eigenvalue weighted by molar-refractivity contribution is 0.102. The molecule has 0 saturated heterocycles. The van der Waals surface area contributed by atoms with Crippen LogP contribution >= 0.6 is 0 Å². The van der Waals surface area contributed by atoms with Crippen molar-refractivity contribution in [3.05, 3.63) is 53.3 Å². The molecule has 9 heteroatoms. The van der Waals surface area contributed by atoms with Gasteiger partial charge in [-0.15, -0.1) is 0 Å². The molecule has 7 nitrogen and oxygen atoms in total. The quantitative estimate of drug-likeness (QED) is 0.736. The lowest BCUT2D eigenvalue weighted by Gasteiger charge is -2.14. The Morgan fingerprint density at radius 1 is 1.29 bits per heavy atom. The van der Waals surface area contributed by atoms with Crippen LogP contribution in [0.25, 0.3) is 0 Å². The van der Waals surface area contributed by atoms with E-state index in [9.17, 15) is 17.6 Å². The van der Waals surface area contributed by atoms with Gasteiger partial charge in [0.05, 0.1) is 30.1 Å². The van der Waals surface area contributed by atoms with Crippen LogP contribution in [0.4, 0.5) is 10.1 Å². The fourth-order valence-electron chi connectivity index (χ4n) is 2.46. The molecule has 2 aromatic carbocycles. The number of carbonyl (C=O) groups is 1. The molecule has 1 amide bonds. The normalized spacial score (nSPS) is 12.1. The summed E-state index contributed by atoms with van der Waals surface area (Å²) in [4.78, 5) is 12.5. The number of aryl methyl sites for hydroxylation is 1. The molecular formula is C19H20FN3O4S. The Kier molecular flexibility index (Phi) is 6.72. The molecule has 2 rings (SSSR count). The molecule has 148 valence electrons. The number of anilines is 1. The minimum absolute atomic E-state index is 0.000268. The molecule has 0 saturated carbocycles. The van der Waals surface area contributed by atoms with Gasteiger partial charge in [-0.3, -0.25) is 4.79 Å². The van der Waals surface area contributed by atoms with E-state index in [1.54, 1.807) is 13.8 Å². The average Bonchev–Trinajstić information content (AvgIpc) is 2.63. The smallest absolute Gasteiger partial charge is 0.259 e. The first-order valence-electron chi connectivity index (χ1n) is 8.32. The van der Waals surface area contributed by atoms with Crippen molar-refractivity contribution >= 4 is 21.6 Å². The van der Waals surface area contributed by atoms with Gasteiger partial charge >= 0.3 is 0 Å². The van der Waals surface area contributed by atoms with Crippen LogP contribution in [-0.4, -0.2) is 27.5 Å². The Hall–Kier alpha value is -2.96. The van der Waals surface area contributed by atoms with E-state index in [0.29, 0.717) is 11.3 Å². The van der Waals surface area contributed by atoms with Gasteiger partial charge in [-0.25, -0.2) is 17.5 Å². The number of carbonyl (C=O) groups excluding carboxylic acids is 1. The fraction of sp³-hybridized carbons (Fsp3) is 0.263. The highest BCUT2D eigenvalue weighted by atomic mass is 32.2. The van der Waals surface area contributed by atoms with Gasteiger partial charge in [-0.05, 0) is 55.8 Å². The number of nitrogens with one attached hydrogen (secondary N) is 2. The summed E-state index contributed by atoms with van der Waals surface area (Å²) in [7, 11) is -2.58. The Labute approximate surface area is 163 Å². The van der Waals surface area contributed by atoms with Crippen LogP contribution in [0.15, 0.2) is 41.3 Å². The van der Waals surface area contributed by atoms with Crippen LogP contribution in [0.2, 0.25) is 0 Å². The van der Waals surface area contributed by atoms with Gasteiger partial charge in [0.25, 0.3) is 5.91 Å². The van der Waals surface area contributed by atoms with Crippen LogP contribution in [0, 0.1) is 24.1 Å². The summed E-state index contributed by atoms with van der Waals surface area (Å²) in [5.41, 5.74) is 0.719. The van der Waals surface area contributed by atoms with E-state index in [1.165, 1.54) is 43.5 Å². The molecule has 0 radical (unpaired) electrons. The molecule has 0 heterocycles. The molecule has 0 aliphatic carbocycles. The maximum atomic E-state index is 13.4. The summed E-state index contributed by atoms with van der Waals surface area (Å²) in [6.45, 7) is 3.13. The molecule has 0 bridgehead atoms. The summed E-state index contributed by atoms with van der Waals surface area (Å²) in [6, 6.07) is 9.25. The van der Waals surface area contributed by atoms with Crippen LogP contribution in [0.3, 0.4) is 0 Å². The molecule has 2 aromatic rings. The van der Waals surface area contributed by atoms with E-state index in [1.807, 2.05) is 6.07 Å². The Balaban J connectivity index is 2.35. The fourth-order valence-corrected chi connectivity index (χ4v) is 3.73. The second kappa shape index (κ2) is 8.82. The van der Waals surface area contributed by atoms with Gasteiger partial charge in [0.15, 0.2) is 0 Å². The molecular weight excluding hydrogens is 385 g/mol. The van der Waals surface area contributed by atoms with E-state index < -0.39 is 27.8 Å². The van der Waals surface area contributed by atoms with Crippen LogP contribution in [-0.2, 0) is 10.0 Å². The van der Waals surface area contributed by atoms with E-state index in [4.69, 9.17) is 10.00 Å². The number of amides is 1. The number of sulfonamides is 1. The van der Waals surface area contributed by atoms with Crippen LogP contribution in [0.5, 0.6) is 5.75 Å². The van der Waals surface area contributed by atoms with Crippen molar-refractivity contribution in [3.8, 4) is 11.8 Å². The summed E-state index contributed by atoms with van der Waals surface area (Å²) in [6.07, 6.45) is 0.00659. The molecule has 0 spiro atoms.